The van der Waals surface area contributed by atoms with Crippen molar-refractivity contribution in [3.05, 3.63) is 10.0 Å². The summed E-state index contributed by atoms with van der Waals surface area (Å²) in [4.78, 5) is 4.48. The second kappa shape index (κ2) is 5.19. The number of aromatic nitrogens is 1. The van der Waals surface area contributed by atoms with Crippen molar-refractivity contribution in [3.63, 3.8) is 0 Å². The number of rotatable bonds is 4. The van der Waals surface area contributed by atoms with Crippen molar-refractivity contribution >= 4 is 28.1 Å². The zero-order valence-corrected chi connectivity index (χ0v) is 10.9. The predicted octanol–water partition coefficient (Wildman–Crippen LogP) is 1.58. The lowest BCUT2D eigenvalue weighted by Crippen LogP contribution is -2.60. The Morgan fingerprint density at radius 2 is 2.53 bits per heavy atom. The molecule has 0 saturated heterocycles. The summed E-state index contributed by atoms with van der Waals surface area (Å²) in [7, 11) is 0. The second-order valence-electron chi connectivity index (χ2n) is 3.81. The standard InChI is InChI=1S/C10H13ClN4OS/c1-2-16-6-3-5(13)8(6)14-10-15-9(11)7(4-12)17-10/h5-6,8H,2-3,13H2,1H3,(H,14,15). The highest BCUT2D eigenvalue weighted by Gasteiger charge is 2.39. The summed E-state index contributed by atoms with van der Waals surface area (Å²) in [6, 6.07) is 2.09. The van der Waals surface area contributed by atoms with Crippen molar-refractivity contribution in [2.24, 2.45) is 5.73 Å². The van der Waals surface area contributed by atoms with E-state index in [1.165, 1.54) is 11.3 Å². The van der Waals surface area contributed by atoms with E-state index < -0.39 is 0 Å². The molecule has 3 unspecified atom stereocenters. The van der Waals surface area contributed by atoms with E-state index >= 15 is 0 Å². The molecule has 17 heavy (non-hydrogen) atoms. The van der Waals surface area contributed by atoms with Crippen molar-refractivity contribution in [3.8, 4) is 6.07 Å². The lowest BCUT2D eigenvalue weighted by molar-refractivity contribution is -0.0126. The van der Waals surface area contributed by atoms with Gasteiger partial charge in [-0.1, -0.05) is 22.9 Å². The lowest BCUT2D eigenvalue weighted by atomic mass is 9.83. The average Bonchev–Trinajstić information content (AvgIpc) is 2.66. The third kappa shape index (κ3) is 2.53. The number of ether oxygens (including phenoxy) is 1. The number of nitrogens with one attached hydrogen (secondary N) is 1. The molecule has 5 nitrogen and oxygen atoms in total. The number of nitrogens with two attached hydrogens (primary N) is 1. The highest BCUT2D eigenvalue weighted by Crippen LogP contribution is 2.31. The minimum Gasteiger partial charge on any atom is -0.376 e. The number of thiazole rings is 1. The van der Waals surface area contributed by atoms with Gasteiger partial charge in [0.2, 0.25) is 0 Å². The van der Waals surface area contributed by atoms with E-state index in [9.17, 15) is 0 Å². The topological polar surface area (TPSA) is 84.0 Å². The Bertz CT molecular complexity index is 442. The molecule has 0 spiro atoms. The summed E-state index contributed by atoms with van der Waals surface area (Å²) >= 11 is 7.03. The third-order valence-electron chi connectivity index (χ3n) is 2.72. The molecular formula is C10H13ClN4OS. The van der Waals surface area contributed by atoms with Crippen LogP contribution in [0.2, 0.25) is 5.15 Å². The summed E-state index contributed by atoms with van der Waals surface area (Å²) in [5, 5.41) is 12.8. The molecule has 0 aliphatic heterocycles. The molecule has 2 rings (SSSR count). The number of anilines is 1. The normalized spacial score (nSPS) is 27.3. The van der Waals surface area contributed by atoms with Gasteiger partial charge < -0.3 is 15.8 Å². The fourth-order valence-corrected chi connectivity index (χ4v) is 2.80. The van der Waals surface area contributed by atoms with Crippen LogP contribution in [-0.2, 0) is 4.74 Å². The number of nitriles is 1. The molecule has 1 aromatic heterocycles. The van der Waals surface area contributed by atoms with Crippen LogP contribution in [0, 0.1) is 11.3 Å². The van der Waals surface area contributed by atoms with Crippen LogP contribution in [0.5, 0.6) is 0 Å². The van der Waals surface area contributed by atoms with Gasteiger partial charge in [0.15, 0.2) is 10.3 Å². The molecule has 1 aromatic rings. The smallest absolute Gasteiger partial charge is 0.185 e. The number of hydrogen-bond donors (Lipinski definition) is 2. The van der Waals surface area contributed by atoms with E-state index in [2.05, 4.69) is 10.3 Å². The van der Waals surface area contributed by atoms with E-state index in [1.807, 2.05) is 13.0 Å². The van der Waals surface area contributed by atoms with E-state index in [0.717, 1.165) is 6.42 Å². The number of nitrogens with zero attached hydrogens (tertiary/aromatic N) is 2. The van der Waals surface area contributed by atoms with Crippen molar-refractivity contribution in [2.75, 3.05) is 11.9 Å². The molecule has 0 aromatic carbocycles. The monoisotopic (exact) mass is 272 g/mol. The summed E-state index contributed by atoms with van der Waals surface area (Å²) < 4.78 is 5.53. The van der Waals surface area contributed by atoms with E-state index in [1.54, 1.807) is 0 Å². The Morgan fingerprint density at radius 1 is 1.76 bits per heavy atom. The molecule has 1 aliphatic carbocycles. The maximum absolute atomic E-state index is 8.78. The molecule has 0 amide bonds. The molecule has 1 aliphatic rings. The van der Waals surface area contributed by atoms with Gasteiger partial charge in [-0.25, -0.2) is 4.98 Å². The van der Waals surface area contributed by atoms with Crippen LogP contribution in [0.3, 0.4) is 0 Å². The Balaban J connectivity index is 2.02. The fraction of sp³-hybridized carbons (Fsp3) is 0.600. The zero-order chi connectivity index (χ0) is 12.4. The van der Waals surface area contributed by atoms with Gasteiger partial charge in [-0.05, 0) is 13.3 Å². The molecule has 92 valence electrons. The molecule has 1 heterocycles. The summed E-state index contributed by atoms with van der Waals surface area (Å²) in [5.41, 5.74) is 5.90. The van der Waals surface area contributed by atoms with Crippen molar-refractivity contribution in [1.29, 1.82) is 5.26 Å². The van der Waals surface area contributed by atoms with Crippen LogP contribution < -0.4 is 11.1 Å². The highest BCUT2D eigenvalue weighted by molar-refractivity contribution is 7.16. The van der Waals surface area contributed by atoms with Gasteiger partial charge in [0.25, 0.3) is 0 Å². The predicted molar refractivity (Wildman–Crippen MR) is 67.3 cm³/mol. The SMILES string of the molecule is CCOC1CC(N)C1Nc1nc(Cl)c(C#N)s1. The first-order valence-corrected chi connectivity index (χ1v) is 6.55. The first-order valence-electron chi connectivity index (χ1n) is 5.35. The van der Waals surface area contributed by atoms with E-state index in [0.29, 0.717) is 16.6 Å². The van der Waals surface area contributed by atoms with Crippen LogP contribution in [0.1, 0.15) is 18.2 Å². The van der Waals surface area contributed by atoms with Gasteiger partial charge in [-0.2, -0.15) is 5.26 Å². The van der Waals surface area contributed by atoms with E-state index in [4.69, 9.17) is 27.3 Å². The average molecular weight is 273 g/mol. The molecule has 7 heteroatoms. The zero-order valence-electron chi connectivity index (χ0n) is 9.31. The summed E-state index contributed by atoms with van der Waals surface area (Å²) in [6.45, 7) is 2.62. The minimum absolute atomic E-state index is 0.0451. The Kier molecular flexibility index (Phi) is 3.84. The van der Waals surface area contributed by atoms with Gasteiger partial charge in [0.05, 0.1) is 12.1 Å². The first kappa shape index (κ1) is 12.6. The van der Waals surface area contributed by atoms with E-state index in [-0.39, 0.29) is 23.3 Å². The minimum atomic E-state index is 0.0451. The van der Waals surface area contributed by atoms with Crippen LogP contribution in [0.4, 0.5) is 5.13 Å². The Hall–Kier alpha value is -0.870. The second-order valence-corrected chi connectivity index (χ2v) is 5.17. The molecular weight excluding hydrogens is 260 g/mol. The fourth-order valence-electron chi connectivity index (χ4n) is 1.80. The quantitative estimate of drug-likeness (QED) is 0.869. The van der Waals surface area contributed by atoms with Crippen LogP contribution >= 0.6 is 22.9 Å². The van der Waals surface area contributed by atoms with Crippen molar-refractivity contribution in [2.45, 2.75) is 31.5 Å². The maximum Gasteiger partial charge on any atom is 0.185 e. The largest absolute Gasteiger partial charge is 0.376 e. The molecule has 3 N–H and O–H groups in total. The van der Waals surface area contributed by atoms with Gasteiger partial charge in [-0.3, -0.25) is 0 Å². The van der Waals surface area contributed by atoms with Crippen LogP contribution in [0.25, 0.3) is 0 Å². The molecule has 1 saturated carbocycles. The Morgan fingerprint density at radius 3 is 3.06 bits per heavy atom. The highest BCUT2D eigenvalue weighted by atomic mass is 35.5. The maximum atomic E-state index is 8.78. The summed E-state index contributed by atoms with van der Waals surface area (Å²) in [5.74, 6) is 0. The van der Waals surface area contributed by atoms with Crippen molar-refractivity contribution < 1.29 is 4.74 Å². The first-order chi connectivity index (χ1) is 8.15. The van der Waals surface area contributed by atoms with Crippen molar-refractivity contribution in [1.82, 2.24) is 4.98 Å². The molecule has 1 fully saturated rings. The van der Waals surface area contributed by atoms with Gasteiger partial charge in [0, 0.05) is 12.6 Å². The van der Waals surface area contributed by atoms with Gasteiger partial charge in [-0.15, -0.1) is 0 Å². The van der Waals surface area contributed by atoms with Crippen LogP contribution in [0.15, 0.2) is 0 Å². The molecule has 3 atom stereocenters. The Labute approximate surface area is 109 Å². The summed E-state index contributed by atoms with van der Waals surface area (Å²) in [6.07, 6.45) is 0.957. The van der Waals surface area contributed by atoms with Gasteiger partial charge >= 0.3 is 0 Å². The molecule has 0 radical (unpaired) electrons. The van der Waals surface area contributed by atoms with Crippen LogP contribution in [-0.4, -0.2) is 29.8 Å². The molecule has 0 bridgehead atoms. The number of halogens is 1. The lowest BCUT2D eigenvalue weighted by Gasteiger charge is -2.42. The number of hydrogen-bond acceptors (Lipinski definition) is 6. The van der Waals surface area contributed by atoms with Gasteiger partial charge in [0.1, 0.15) is 10.9 Å². The third-order valence-corrected chi connectivity index (χ3v) is 4.00.